The first kappa shape index (κ1) is 17.9. The molecule has 0 spiro atoms. The highest BCUT2D eigenvalue weighted by atomic mass is 35.5. The Balaban J connectivity index is 2.04. The summed E-state index contributed by atoms with van der Waals surface area (Å²) in [6.45, 7) is 7.73. The molecule has 1 aliphatic heterocycles. The molecule has 0 bridgehead atoms. The van der Waals surface area contributed by atoms with Crippen LogP contribution in [0.5, 0.6) is 0 Å². The average molecular weight is 383 g/mol. The van der Waals surface area contributed by atoms with Crippen molar-refractivity contribution in [2.75, 3.05) is 6.54 Å². The zero-order valence-corrected chi connectivity index (χ0v) is 16.3. The highest BCUT2D eigenvalue weighted by molar-refractivity contribution is 6.30. The molecule has 138 valence electrons. The predicted molar refractivity (Wildman–Crippen MR) is 107 cm³/mol. The molecule has 0 fully saturated rings. The normalized spacial score (nSPS) is 14.0. The molecule has 0 radical (unpaired) electrons. The summed E-state index contributed by atoms with van der Waals surface area (Å²) >= 11 is 5.95. The van der Waals surface area contributed by atoms with Crippen LogP contribution >= 0.6 is 11.6 Å². The van der Waals surface area contributed by atoms with Crippen molar-refractivity contribution in [3.8, 4) is 22.4 Å². The molecule has 0 saturated carbocycles. The lowest BCUT2D eigenvalue weighted by atomic mass is 9.84. The Hall–Kier alpha value is -2.53. The van der Waals surface area contributed by atoms with Gasteiger partial charge in [0.15, 0.2) is 0 Å². The quantitative estimate of drug-likeness (QED) is 0.607. The number of aromatic nitrogens is 3. The largest absolute Gasteiger partial charge is 0.285 e. The van der Waals surface area contributed by atoms with Crippen molar-refractivity contribution in [1.82, 2.24) is 14.8 Å². The van der Waals surface area contributed by atoms with Gasteiger partial charge in [0.1, 0.15) is 11.5 Å². The molecule has 1 aliphatic rings. The van der Waals surface area contributed by atoms with E-state index in [1.165, 1.54) is 6.07 Å². The van der Waals surface area contributed by atoms with E-state index in [0.29, 0.717) is 29.4 Å². The predicted octanol–water partition coefficient (Wildman–Crippen LogP) is 5.25. The standard InChI is InChI=1S/C21H20ClFN4/c1-21(2,3)20-19-17(13-6-8-24-9-7-13)18(26-27(19)11-10-25-20)15-5-4-14(22)12-16(15)23/h4-9,12H,10-11H2,1-3H3. The van der Waals surface area contributed by atoms with Gasteiger partial charge in [-0.25, -0.2) is 4.39 Å². The van der Waals surface area contributed by atoms with Crippen LogP contribution in [0.4, 0.5) is 4.39 Å². The molecule has 0 saturated heterocycles. The molecular weight excluding hydrogens is 363 g/mol. The summed E-state index contributed by atoms with van der Waals surface area (Å²) in [4.78, 5) is 8.91. The van der Waals surface area contributed by atoms with Gasteiger partial charge in [0, 0.05) is 34.0 Å². The summed E-state index contributed by atoms with van der Waals surface area (Å²) in [5.41, 5.74) is 4.63. The zero-order chi connectivity index (χ0) is 19.2. The van der Waals surface area contributed by atoms with E-state index in [4.69, 9.17) is 21.7 Å². The SMILES string of the molecule is CC(C)(C)C1=NCCn2nc(-c3ccc(Cl)cc3F)c(-c3ccncc3)c21. The van der Waals surface area contributed by atoms with Gasteiger partial charge in [-0.1, -0.05) is 32.4 Å². The lowest BCUT2D eigenvalue weighted by Gasteiger charge is -2.26. The van der Waals surface area contributed by atoms with Gasteiger partial charge in [0.25, 0.3) is 0 Å². The fraction of sp³-hybridized carbons (Fsp3) is 0.286. The first-order chi connectivity index (χ1) is 12.9. The molecule has 4 nitrogen and oxygen atoms in total. The number of aliphatic imine (C=N–C) groups is 1. The van der Waals surface area contributed by atoms with Crippen molar-refractivity contribution >= 4 is 17.3 Å². The molecule has 6 heteroatoms. The monoisotopic (exact) mass is 382 g/mol. The Morgan fingerprint density at radius 2 is 1.85 bits per heavy atom. The number of halogens is 2. The smallest absolute Gasteiger partial charge is 0.134 e. The van der Waals surface area contributed by atoms with Crippen LogP contribution in [0.1, 0.15) is 26.5 Å². The number of hydrogen-bond acceptors (Lipinski definition) is 3. The first-order valence-electron chi connectivity index (χ1n) is 8.88. The van der Waals surface area contributed by atoms with Crippen LogP contribution in [0, 0.1) is 11.2 Å². The Labute approximate surface area is 162 Å². The summed E-state index contributed by atoms with van der Waals surface area (Å²) in [6, 6.07) is 8.54. The summed E-state index contributed by atoms with van der Waals surface area (Å²) in [7, 11) is 0. The number of fused-ring (bicyclic) bond motifs is 1. The van der Waals surface area contributed by atoms with Gasteiger partial charge in [-0.3, -0.25) is 14.7 Å². The minimum absolute atomic E-state index is 0.157. The van der Waals surface area contributed by atoms with E-state index in [0.717, 1.165) is 22.5 Å². The zero-order valence-electron chi connectivity index (χ0n) is 15.5. The van der Waals surface area contributed by atoms with Crippen LogP contribution < -0.4 is 0 Å². The number of hydrogen-bond donors (Lipinski definition) is 0. The maximum absolute atomic E-state index is 14.8. The molecule has 4 rings (SSSR count). The van der Waals surface area contributed by atoms with Gasteiger partial charge in [-0.05, 0) is 35.9 Å². The van der Waals surface area contributed by atoms with Crippen molar-refractivity contribution in [3.05, 3.63) is 59.3 Å². The van der Waals surface area contributed by atoms with Gasteiger partial charge in [-0.2, -0.15) is 5.10 Å². The highest BCUT2D eigenvalue weighted by Crippen LogP contribution is 2.39. The lowest BCUT2D eigenvalue weighted by molar-refractivity contribution is 0.545. The summed E-state index contributed by atoms with van der Waals surface area (Å²) in [5.74, 6) is -0.387. The van der Waals surface area contributed by atoms with Gasteiger partial charge in [0.05, 0.1) is 24.5 Å². The third-order valence-electron chi connectivity index (χ3n) is 4.62. The maximum atomic E-state index is 14.8. The summed E-state index contributed by atoms with van der Waals surface area (Å²) in [5, 5.41) is 5.15. The van der Waals surface area contributed by atoms with Gasteiger partial charge < -0.3 is 0 Å². The Morgan fingerprint density at radius 3 is 2.52 bits per heavy atom. The lowest BCUT2D eigenvalue weighted by Crippen LogP contribution is -2.29. The van der Waals surface area contributed by atoms with E-state index in [-0.39, 0.29) is 11.2 Å². The fourth-order valence-corrected chi connectivity index (χ4v) is 3.61. The molecule has 1 aromatic carbocycles. The minimum atomic E-state index is -0.387. The second kappa shape index (κ2) is 6.57. The molecule has 2 aromatic heterocycles. The Bertz CT molecular complexity index is 1030. The Morgan fingerprint density at radius 1 is 1.11 bits per heavy atom. The van der Waals surface area contributed by atoms with Crippen LogP contribution in [0.15, 0.2) is 47.7 Å². The van der Waals surface area contributed by atoms with E-state index in [1.807, 2.05) is 16.8 Å². The van der Waals surface area contributed by atoms with Crippen LogP contribution in [0.3, 0.4) is 0 Å². The van der Waals surface area contributed by atoms with Gasteiger partial charge >= 0.3 is 0 Å². The molecule has 0 amide bonds. The van der Waals surface area contributed by atoms with Crippen molar-refractivity contribution < 1.29 is 4.39 Å². The van der Waals surface area contributed by atoms with Crippen LogP contribution in [0.2, 0.25) is 5.02 Å². The van der Waals surface area contributed by atoms with E-state index in [1.54, 1.807) is 24.5 Å². The molecule has 3 aromatic rings. The topological polar surface area (TPSA) is 43.1 Å². The molecule has 3 heterocycles. The molecule has 0 unspecified atom stereocenters. The molecule has 0 aliphatic carbocycles. The van der Waals surface area contributed by atoms with Crippen molar-refractivity contribution in [3.63, 3.8) is 0 Å². The summed E-state index contributed by atoms with van der Waals surface area (Å²) < 4.78 is 16.7. The third-order valence-corrected chi connectivity index (χ3v) is 4.86. The van der Waals surface area contributed by atoms with E-state index >= 15 is 0 Å². The maximum Gasteiger partial charge on any atom is 0.134 e. The second-order valence-electron chi connectivity index (χ2n) is 7.64. The number of rotatable bonds is 2. The molecule has 27 heavy (non-hydrogen) atoms. The second-order valence-corrected chi connectivity index (χ2v) is 8.07. The molecule has 0 atom stereocenters. The van der Waals surface area contributed by atoms with E-state index in [9.17, 15) is 4.39 Å². The van der Waals surface area contributed by atoms with Crippen LogP contribution in [-0.2, 0) is 6.54 Å². The highest BCUT2D eigenvalue weighted by Gasteiger charge is 2.32. The number of pyridine rings is 1. The van der Waals surface area contributed by atoms with Crippen molar-refractivity contribution in [1.29, 1.82) is 0 Å². The van der Waals surface area contributed by atoms with E-state index < -0.39 is 0 Å². The van der Waals surface area contributed by atoms with Crippen molar-refractivity contribution in [2.24, 2.45) is 10.4 Å². The first-order valence-corrected chi connectivity index (χ1v) is 9.26. The van der Waals surface area contributed by atoms with Gasteiger partial charge in [-0.15, -0.1) is 0 Å². The molecule has 0 N–H and O–H groups in total. The van der Waals surface area contributed by atoms with Crippen LogP contribution in [0.25, 0.3) is 22.4 Å². The Kier molecular flexibility index (Phi) is 4.35. The fourth-order valence-electron chi connectivity index (χ4n) is 3.45. The average Bonchev–Trinajstić information content (AvgIpc) is 3.00. The number of benzene rings is 1. The number of nitrogens with zero attached hydrogens (tertiary/aromatic N) is 4. The van der Waals surface area contributed by atoms with Gasteiger partial charge in [0.2, 0.25) is 0 Å². The third kappa shape index (κ3) is 3.16. The molecular formula is C21H20ClFN4. The minimum Gasteiger partial charge on any atom is -0.285 e. The van der Waals surface area contributed by atoms with E-state index in [2.05, 4.69) is 25.8 Å². The van der Waals surface area contributed by atoms with Crippen molar-refractivity contribution in [2.45, 2.75) is 27.3 Å². The van der Waals surface area contributed by atoms with Crippen LogP contribution in [-0.4, -0.2) is 27.0 Å². The summed E-state index contributed by atoms with van der Waals surface area (Å²) in [6.07, 6.45) is 3.47.